The van der Waals surface area contributed by atoms with Gasteiger partial charge in [-0.1, -0.05) is 19.9 Å². The molecule has 2 aromatic heterocycles. The predicted molar refractivity (Wildman–Crippen MR) is 112 cm³/mol. The van der Waals surface area contributed by atoms with Gasteiger partial charge in [0.15, 0.2) is 11.6 Å². The van der Waals surface area contributed by atoms with Gasteiger partial charge in [-0.05, 0) is 45.6 Å². The largest absolute Gasteiger partial charge is 0.573 e. The molecule has 1 unspecified atom stereocenters. The molecule has 0 saturated carbocycles. The van der Waals surface area contributed by atoms with Gasteiger partial charge < -0.3 is 15.0 Å². The summed E-state index contributed by atoms with van der Waals surface area (Å²) in [5, 5.41) is 2.77. The first-order valence-corrected chi connectivity index (χ1v) is 10.1. The smallest absolute Gasteiger partial charge is 0.405 e. The molecule has 168 valence electrons. The Kier molecular flexibility index (Phi) is 6.92. The minimum atomic E-state index is -4.83. The second kappa shape index (κ2) is 9.47. The minimum Gasteiger partial charge on any atom is -0.405 e. The monoisotopic (exact) mass is 511 g/mol. The molecule has 3 rings (SSSR count). The van der Waals surface area contributed by atoms with Crippen LogP contribution >= 0.6 is 15.9 Å². The minimum absolute atomic E-state index is 0.0285. The second-order valence-corrected chi connectivity index (χ2v) is 7.84. The third-order valence-electron chi connectivity index (χ3n) is 4.25. The highest BCUT2D eigenvalue weighted by Crippen LogP contribution is 2.34. The van der Waals surface area contributed by atoms with Crippen LogP contribution in [0, 0.1) is 5.92 Å². The topological polar surface area (TPSA) is 110 Å². The predicted octanol–water partition coefficient (Wildman–Crippen LogP) is 4.02. The number of nitrogens with one attached hydrogen (secondary N) is 2. The number of aromatic amines is 1. The van der Waals surface area contributed by atoms with E-state index in [1.54, 1.807) is 6.07 Å². The Morgan fingerprint density at radius 1 is 1.19 bits per heavy atom. The summed E-state index contributed by atoms with van der Waals surface area (Å²) in [7, 11) is 0. The van der Waals surface area contributed by atoms with Crippen molar-refractivity contribution in [3.63, 3.8) is 0 Å². The Labute approximate surface area is 188 Å². The number of halogens is 4. The molecule has 0 radical (unpaired) electrons. The van der Waals surface area contributed by atoms with E-state index in [9.17, 15) is 22.8 Å². The van der Waals surface area contributed by atoms with Crippen LogP contribution in [-0.2, 0) is 0 Å². The lowest BCUT2D eigenvalue weighted by atomic mass is 9.95. The molecule has 0 aliphatic rings. The number of benzene rings is 1. The number of amides is 1. The summed E-state index contributed by atoms with van der Waals surface area (Å²) < 4.78 is 41.6. The van der Waals surface area contributed by atoms with Crippen molar-refractivity contribution in [2.24, 2.45) is 5.92 Å². The van der Waals surface area contributed by atoms with Gasteiger partial charge in [-0.3, -0.25) is 9.59 Å². The molecule has 0 spiro atoms. The van der Waals surface area contributed by atoms with Gasteiger partial charge in [0, 0.05) is 18.5 Å². The summed E-state index contributed by atoms with van der Waals surface area (Å²) in [6.07, 6.45) is -1.90. The van der Waals surface area contributed by atoms with E-state index >= 15 is 0 Å². The summed E-state index contributed by atoms with van der Waals surface area (Å²) in [6.45, 7) is 3.65. The SMILES string of the molecule is CC(C)C(NC(=O)c1cc(=O)[nH]c(-c2ncccn2)n1)c1ccc(OC(F)(F)F)c(Br)c1. The Balaban J connectivity index is 1.87. The zero-order valence-electron chi connectivity index (χ0n) is 16.8. The van der Waals surface area contributed by atoms with Crippen molar-refractivity contribution >= 4 is 21.8 Å². The van der Waals surface area contributed by atoms with E-state index in [2.05, 4.69) is 45.9 Å². The number of hydrogen-bond acceptors (Lipinski definition) is 6. The van der Waals surface area contributed by atoms with Crippen molar-refractivity contribution in [3.8, 4) is 17.4 Å². The maximum Gasteiger partial charge on any atom is 0.573 e. The standard InChI is InChI=1S/C20H17BrF3N5O3/c1-10(2)16(11-4-5-14(12(21)8-11)32-20(22,23)24)29-19(31)13-9-15(30)28-18(27-13)17-25-6-3-7-26-17/h3-10,16H,1-2H3,(H,29,31)(H,27,28,30). The Morgan fingerprint density at radius 2 is 1.88 bits per heavy atom. The van der Waals surface area contributed by atoms with Gasteiger partial charge in [0.25, 0.3) is 11.5 Å². The van der Waals surface area contributed by atoms with Crippen LogP contribution in [0.5, 0.6) is 5.75 Å². The number of carbonyl (C=O) groups is 1. The highest BCUT2D eigenvalue weighted by Gasteiger charge is 2.32. The molecule has 0 bridgehead atoms. The molecule has 8 nitrogen and oxygen atoms in total. The molecule has 2 heterocycles. The Morgan fingerprint density at radius 3 is 2.47 bits per heavy atom. The van der Waals surface area contributed by atoms with Gasteiger partial charge in [0.05, 0.1) is 10.5 Å². The highest BCUT2D eigenvalue weighted by molar-refractivity contribution is 9.10. The van der Waals surface area contributed by atoms with E-state index < -0.39 is 29.6 Å². The summed E-state index contributed by atoms with van der Waals surface area (Å²) in [5.74, 6) is -1.01. The van der Waals surface area contributed by atoms with Crippen LogP contribution in [-0.4, -0.2) is 32.2 Å². The van der Waals surface area contributed by atoms with Gasteiger partial charge in [0.1, 0.15) is 11.4 Å². The van der Waals surface area contributed by atoms with E-state index in [0.717, 1.165) is 12.1 Å². The van der Waals surface area contributed by atoms with Gasteiger partial charge in [0.2, 0.25) is 0 Å². The maximum atomic E-state index is 12.9. The highest BCUT2D eigenvalue weighted by atomic mass is 79.9. The molecular formula is C20H17BrF3N5O3. The molecular weight excluding hydrogens is 495 g/mol. The quantitative estimate of drug-likeness (QED) is 0.517. The molecule has 1 amide bonds. The second-order valence-electron chi connectivity index (χ2n) is 6.98. The third-order valence-corrected chi connectivity index (χ3v) is 4.87. The normalized spacial score (nSPS) is 12.5. The van der Waals surface area contributed by atoms with Crippen LogP contribution in [0.25, 0.3) is 11.6 Å². The average Bonchev–Trinajstić information content (AvgIpc) is 2.72. The number of aromatic nitrogens is 4. The molecule has 32 heavy (non-hydrogen) atoms. The van der Waals surface area contributed by atoms with E-state index in [1.807, 2.05) is 13.8 Å². The molecule has 0 saturated heterocycles. The molecule has 1 atom stereocenters. The number of hydrogen-bond donors (Lipinski definition) is 2. The molecule has 0 aliphatic carbocycles. The third kappa shape index (κ3) is 5.90. The zero-order chi connectivity index (χ0) is 23.5. The number of rotatable bonds is 6. The summed E-state index contributed by atoms with van der Waals surface area (Å²) in [6, 6.07) is 6.05. The fraction of sp³-hybridized carbons (Fsp3) is 0.250. The van der Waals surface area contributed by atoms with Gasteiger partial charge in [-0.2, -0.15) is 0 Å². The van der Waals surface area contributed by atoms with Gasteiger partial charge in [-0.15, -0.1) is 13.2 Å². The van der Waals surface area contributed by atoms with E-state index in [0.29, 0.717) is 5.56 Å². The van der Waals surface area contributed by atoms with Crippen molar-refractivity contribution in [3.05, 3.63) is 68.8 Å². The van der Waals surface area contributed by atoms with E-state index in [4.69, 9.17) is 0 Å². The lowest BCUT2D eigenvalue weighted by Gasteiger charge is -2.23. The van der Waals surface area contributed by atoms with Crippen LogP contribution in [0.4, 0.5) is 13.2 Å². The first-order valence-electron chi connectivity index (χ1n) is 9.28. The summed E-state index contributed by atoms with van der Waals surface area (Å²) >= 11 is 3.06. The van der Waals surface area contributed by atoms with Crippen molar-refractivity contribution < 1.29 is 22.7 Å². The average molecular weight is 512 g/mol. The number of carbonyl (C=O) groups excluding carboxylic acids is 1. The fourth-order valence-electron chi connectivity index (χ4n) is 2.87. The Hall–Kier alpha value is -3.28. The lowest BCUT2D eigenvalue weighted by Crippen LogP contribution is -2.33. The fourth-order valence-corrected chi connectivity index (χ4v) is 3.35. The first kappa shape index (κ1) is 23.4. The molecule has 3 aromatic rings. The number of H-pyrrole nitrogens is 1. The van der Waals surface area contributed by atoms with Crippen molar-refractivity contribution in [1.82, 2.24) is 25.3 Å². The summed E-state index contributed by atoms with van der Waals surface area (Å²) in [4.78, 5) is 39.5. The molecule has 2 N–H and O–H groups in total. The number of ether oxygens (including phenoxy) is 1. The molecule has 0 fully saturated rings. The first-order chi connectivity index (χ1) is 15.0. The molecule has 0 aliphatic heterocycles. The van der Waals surface area contributed by atoms with Crippen LogP contribution in [0.1, 0.15) is 35.9 Å². The van der Waals surface area contributed by atoms with Crippen LogP contribution in [0.15, 0.2) is 52.0 Å². The number of nitrogens with zero attached hydrogens (tertiary/aromatic N) is 3. The van der Waals surface area contributed by atoms with Crippen LogP contribution < -0.4 is 15.6 Å². The van der Waals surface area contributed by atoms with Crippen molar-refractivity contribution in [2.45, 2.75) is 26.3 Å². The lowest BCUT2D eigenvalue weighted by molar-refractivity contribution is -0.274. The van der Waals surface area contributed by atoms with Crippen molar-refractivity contribution in [1.29, 1.82) is 0 Å². The van der Waals surface area contributed by atoms with Gasteiger partial charge in [-0.25, -0.2) is 15.0 Å². The van der Waals surface area contributed by atoms with Crippen molar-refractivity contribution in [2.75, 3.05) is 0 Å². The van der Waals surface area contributed by atoms with Crippen LogP contribution in [0.3, 0.4) is 0 Å². The number of alkyl halides is 3. The summed E-state index contributed by atoms with van der Waals surface area (Å²) in [5.41, 5.74) is -0.186. The van der Waals surface area contributed by atoms with Gasteiger partial charge >= 0.3 is 6.36 Å². The van der Waals surface area contributed by atoms with E-state index in [-0.39, 0.29) is 27.7 Å². The van der Waals surface area contributed by atoms with E-state index in [1.165, 1.54) is 24.5 Å². The molecule has 1 aromatic carbocycles. The zero-order valence-corrected chi connectivity index (χ0v) is 18.4. The molecule has 12 heteroatoms. The maximum absolute atomic E-state index is 12.9. The Bertz CT molecular complexity index is 1170. The van der Waals surface area contributed by atoms with Crippen LogP contribution in [0.2, 0.25) is 0 Å².